The number of rotatable bonds is 27. The van der Waals surface area contributed by atoms with Crippen LogP contribution in [0.4, 0.5) is 0 Å². The van der Waals surface area contributed by atoms with Crippen LogP contribution in [0.1, 0.15) is 152 Å². The summed E-state index contributed by atoms with van der Waals surface area (Å²) in [4.78, 5) is 282. The highest BCUT2D eigenvalue weighted by molar-refractivity contribution is 8.00. The SMILES string of the molecule is CCCC[C@H]1C(=O)N(C)[C@@H](CCCC)C(=O)N[C@@H](CCCN)C(=O)N[C@H](C(=O)NCC(N)=O)CSCC(=O)N[C@@H](Cc2ccc(O)cc2)C(=O)N2CCC[C@H]2C(=O)N[C@@H](CC(=O)O)C(=O)N2CCC[C@H]2C(=O)N[C@@H](Cc2c[nH]cn2)C(=O)N[C@@H](CCC(=O)O)C(=O)N2CCC[C@H]2C(=O)N[C@@H](Cc2c[nH]c3ccccc23)C(=O)N[C@@H](CCN)C(=O)N[C@@H](Cc2c[nH]c3ccccc23)C(=O)N1C. The second-order valence-electron chi connectivity index (χ2n) is 34.4. The van der Waals surface area contributed by atoms with Crippen molar-refractivity contribution < 1.29 is 102 Å². The number of primary amides is 1. The molecule has 0 aliphatic carbocycles. The quantitative estimate of drug-likeness (QED) is 0.0279. The Hall–Kier alpha value is -13.5. The van der Waals surface area contributed by atoms with Gasteiger partial charge in [0.1, 0.15) is 90.3 Å². The van der Waals surface area contributed by atoms with E-state index in [1.165, 1.54) is 60.7 Å². The number of phenols is 1. The lowest BCUT2D eigenvalue weighted by molar-refractivity contribution is -0.149. The first kappa shape index (κ1) is 104. The van der Waals surface area contributed by atoms with Crippen molar-refractivity contribution >= 4 is 140 Å². The van der Waals surface area contributed by atoms with Crippen LogP contribution >= 0.6 is 11.8 Å². The molecule has 14 atom stereocenters. The molecule has 4 aliphatic rings. The number of carboxylic acid groups (broad SMARTS) is 2. The van der Waals surface area contributed by atoms with Crippen molar-refractivity contribution in [1.82, 2.24) is 97.6 Å². The highest BCUT2D eigenvalue weighted by Gasteiger charge is 2.47. The van der Waals surface area contributed by atoms with Gasteiger partial charge in [-0.3, -0.25) is 86.3 Å². The third-order valence-corrected chi connectivity index (χ3v) is 25.7. The number of unbranched alkanes of at least 4 members (excludes halogenated alkanes) is 2. The van der Waals surface area contributed by atoms with Crippen molar-refractivity contribution in [3.8, 4) is 5.75 Å². The fourth-order valence-corrected chi connectivity index (χ4v) is 18.3. The number of nitrogens with two attached hydrogens (primary N) is 3. The lowest BCUT2D eigenvalue weighted by Crippen LogP contribution is -2.61. The van der Waals surface area contributed by atoms with E-state index >= 15 is 43.2 Å². The largest absolute Gasteiger partial charge is 0.508 e. The Bertz CT molecular complexity index is 5230. The summed E-state index contributed by atoms with van der Waals surface area (Å²) < 4.78 is 0. The van der Waals surface area contributed by atoms with E-state index in [0.29, 0.717) is 64.2 Å². The van der Waals surface area contributed by atoms with Crippen molar-refractivity contribution in [3.63, 3.8) is 0 Å². The summed E-state index contributed by atoms with van der Waals surface area (Å²) in [7, 11) is 2.76. The topological polar surface area (TPSA) is 643 Å². The maximum atomic E-state index is 15.8. The van der Waals surface area contributed by atoms with E-state index in [1.807, 2.05) is 13.8 Å². The van der Waals surface area contributed by atoms with Crippen LogP contribution in [0.25, 0.3) is 21.8 Å². The van der Waals surface area contributed by atoms with E-state index in [9.17, 15) is 58.5 Å². The molecule has 6 aromatic rings. The summed E-state index contributed by atoms with van der Waals surface area (Å²) >= 11 is 0.786. The lowest BCUT2D eigenvalue weighted by atomic mass is 9.99. The van der Waals surface area contributed by atoms with Gasteiger partial charge < -0.3 is 125 Å². The zero-order chi connectivity index (χ0) is 97.7. The first-order valence-corrected chi connectivity index (χ1v) is 46.9. The number of aromatic amines is 3. The third-order valence-electron chi connectivity index (χ3n) is 24.7. The predicted octanol–water partition coefficient (Wildman–Crippen LogP) is -1.51. The molecule has 16 amide bonds. The van der Waals surface area contributed by atoms with Gasteiger partial charge in [0.05, 0.1) is 30.7 Å². The molecule has 10 rings (SSSR count). The summed E-state index contributed by atoms with van der Waals surface area (Å²) in [6, 6.07) is -1.53. The minimum Gasteiger partial charge on any atom is -0.508 e. The van der Waals surface area contributed by atoms with Gasteiger partial charge in [0, 0.05) is 112 Å². The molecule has 0 unspecified atom stereocenters. The van der Waals surface area contributed by atoms with Crippen molar-refractivity contribution in [2.75, 3.05) is 64.9 Å². The molecule has 0 spiro atoms. The molecule has 44 heteroatoms. The Balaban J connectivity index is 1.02. The molecule has 0 radical (unpaired) electrons. The molecule has 730 valence electrons. The Labute approximate surface area is 783 Å². The van der Waals surface area contributed by atoms with Crippen molar-refractivity contribution in [1.29, 1.82) is 0 Å². The normalized spacial score (nSPS) is 24.6. The molecule has 43 nitrogen and oxygen atoms in total. The number of hydrogen-bond donors (Lipinski definition) is 19. The van der Waals surface area contributed by atoms with Crippen LogP contribution in [0.3, 0.4) is 0 Å². The van der Waals surface area contributed by atoms with Crippen LogP contribution in [0.5, 0.6) is 5.75 Å². The summed E-state index contributed by atoms with van der Waals surface area (Å²) in [5, 5.41) is 58.7. The average molecular weight is 1890 g/mol. The van der Waals surface area contributed by atoms with Gasteiger partial charge in [0.15, 0.2) is 0 Å². The Morgan fingerprint density at radius 3 is 1.48 bits per heavy atom. The maximum Gasteiger partial charge on any atom is 0.305 e. The number of imidazole rings is 1. The van der Waals surface area contributed by atoms with Gasteiger partial charge >= 0.3 is 11.9 Å². The second-order valence-corrected chi connectivity index (χ2v) is 35.4. The van der Waals surface area contributed by atoms with Gasteiger partial charge in [-0.05, 0) is 131 Å². The highest BCUT2D eigenvalue weighted by Crippen LogP contribution is 2.29. The van der Waals surface area contributed by atoms with E-state index in [2.05, 4.69) is 73.1 Å². The number of carboxylic acids is 2. The number of likely N-dealkylation sites (N-methyl/N-ethyl adjacent to an activating group) is 2. The van der Waals surface area contributed by atoms with Crippen molar-refractivity contribution in [3.05, 3.63) is 120 Å². The van der Waals surface area contributed by atoms with Gasteiger partial charge in [-0.1, -0.05) is 88.1 Å². The van der Waals surface area contributed by atoms with Gasteiger partial charge in [0.2, 0.25) is 94.5 Å². The number of benzene rings is 3. The molecular formula is C91H124N22O21S. The van der Waals surface area contributed by atoms with Crippen LogP contribution in [-0.2, 0) is 112 Å². The third kappa shape index (κ3) is 28.3. The first-order chi connectivity index (χ1) is 64.7. The summed E-state index contributed by atoms with van der Waals surface area (Å²) in [6.45, 7) is 2.38. The fraction of sp³-hybridized carbons (Fsp3) is 0.527. The molecule has 0 bridgehead atoms. The van der Waals surface area contributed by atoms with Gasteiger partial charge in [0.25, 0.3) is 0 Å². The van der Waals surface area contributed by atoms with Gasteiger partial charge in [-0.2, -0.15) is 0 Å². The van der Waals surface area contributed by atoms with Crippen LogP contribution in [-0.4, -0.2) is 316 Å². The number of carbonyl (C=O) groups excluding carboxylic acids is 16. The van der Waals surface area contributed by atoms with Crippen molar-refractivity contribution in [2.24, 2.45) is 17.2 Å². The van der Waals surface area contributed by atoms with Crippen LogP contribution < -0.4 is 70.4 Å². The number of para-hydroxylation sites is 2. The molecule has 4 saturated heterocycles. The minimum atomic E-state index is -1.89. The van der Waals surface area contributed by atoms with Gasteiger partial charge in [-0.25, -0.2) is 4.98 Å². The van der Waals surface area contributed by atoms with E-state index in [-0.39, 0.29) is 140 Å². The number of aromatic hydroxyl groups is 1. The molecular weight excluding hydrogens is 1770 g/mol. The number of aromatic nitrogens is 4. The Morgan fingerprint density at radius 1 is 0.474 bits per heavy atom. The van der Waals surface area contributed by atoms with E-state index < -0.39 is 228 Å². The molecule has 7 heterocycles. The minimum absolute atomic E-state index is 0.00516. The fourth-order valence-electron chi connectivity index (χ4n) is 17.5. The highest BCUT2D eigenvalue weighted by atomic mass is 32.2. The van der Waals surface area contributed by atoms with E-state index in [1.54, 1.807) is 60.9 Å². The zero-order valence-electron chi connectivity index (χ0n) is 76.0. The van der Waals surface area contributed by atoms with Crippen LogP contribution in [0.15, 0.2) is 97.7 Å². The monoisotopic (exact) mass is 1890 g/mol. The molecule has 4 aliphatic heterocycles. The standard InChI is InChI=1S/C91H124N22O21S/c1-5-7-22-69-83(126)102-60(21-13-34-92)79(122)108-68(78(121)98-47-74(94)115)48-135-49-75(116)100-65(39-51-27-29-55(114)30-28-51)89(132)112-37-16-26-72(112)86(129)107-67(43-77(119)120)90(133)113-38-15-25-71(113)85(128)105-64(42-54-46-95-50-99-54)82(125)103-62(31-32-76(117)118)88(131)111-36-14-24-70(111)84(127)104-63(40-52-44-96-58-19-11-9-17-56(52)58)81(124)101-61(33-35-93)80(123)106-66(41-53-45-97-59-20-12-10-18-57(53)59)87(130)110(4)73(23-8-6-2)91(134)109(69)3/h9-12,17-20,27-30,44-46,50,60-73,96-97,114H,5-8,13-16,21-26,31-43,47-49,92-93H2,1-4H3,(H2,94,115)(H,95,99)(H,98,121)(H,100,116)(H,101,124)(H,102,126)(H,103,125)(H,104,127)(H,105,128)(H,106,123)(H,107,129)(H,108,122)(H,117,118)(H,119,120)/t60-,61-,62-,63-,64-,65-,66-,67-,68-,69-,70-,71-,72-,73-/m0/s1. The first-order valence-electron chi connectivity index (χ1n) is 45.7. The predicted molar refractivity (Wildman–Crippen MR) is 492 cm³/mol. The van der Waals surface area contributed by atoms with Crippen LogP contribution in [0.2, 0.25) is 0 Å². The lowest BCUT2D eigenvalue weighted by Gasteiger charge is -2.36. The number of nitrogens with zero attached hydrogens (tertiary/aromatic N) is 6. The number of H-pyrrole nitrogens is 3. The molecule has 3 aromatic heterocycles. The Morgan fingerprint density at radius 2 is 0.948 bits per heavy atom. The van der Waals surface area contributed by atoms with E-state index in [4.69, 9.17) is 17.2 Å². The number of fused-ring (bicyclic) bond motifs is 5. The number of hydrogen-bond acceptors (Lipinski definition) is 23. The molecule has 3 aromatic carbocycles. The molecule has 4 fully saturated rings. The van der Waals surface area contributed by atoms with Gasteiger partial charge in [-0.15, -0.1) is 11.8 Å². The van der Waals surface area contributed by atoms with E-state index in [0.717, 1.165) is 26.5 Å². The number of aliphatic carboxylic acids is 2. The second kappa shape index (κ2) is 50.0. The number of phenolic OH excluding ortho intramolecular Hbond substituents is 1. The average Bonchev–Trinajstić information content (AvgIpc) is 1.74. The number of nitrogens with one attached hydrogen (secondary N) is 13. The number of thioether (sulfide) groups is 1. The number of carbonyl (C=O) groups is 18. The zero-order valence-corrected chi connectivity index (χ0v) is 76.9. The molecule has 22 N–H and O–H groups in total. The number of amides is 16. The summed E-state index contributed by atoms with van der Waals surface area (Å²) in [5.74, 6) is -18.6. The maximum absolute atomic E-state index is 15.8. The van der Waals surface area contributed by atoms with Crippen molar-refractivity contribution in [2.45, 2.75) is 240 Å². The Kier molecular flexibility index (Phi) is 38.4. The molecule has 0 saturated carbocycles. The van der Waals surface area contributed by atoms with Crippen LogP contribution in [0, 0.1) is 0 Å². The molecule has 135 heavy (non-hydrogen) atoms. The smallest absolute Gasteiger partial charge is 0.305 e. The summed E-state index contributed by atoms with van der Waals surface area (Å²) in [6.07, 6.45) is 4.43. The summed E-state index contributed by atoms with van der Waals surface area (Å²) in [5.41, 5.74) is 20.7.